The van der Waals surface area contributed by atoms with Crippen molar-refractivity contribution in [3.8, 4) is 0 Å². The van der Waals surface area contributed by atoms with Crippen LogP contribution in [0.1, 0.15) is 29.8 Å². The first-order chi connectivity index (χ1) is 14.2. The number of amides is 1. The monoisotopic (exact) mass is 391 g/mol. The summed E-state index contributed by atoms with van der Waals surface area (Å²) < 4.78 is 13.7. The van der Waals surface area contributed by atoms with Crippen LogP contribution in [0.15, 0.2) is 60.7 Å². The van der Waals surface area contributed by atoms with Crippen molar-refractivity contribution in [2.45, 2.75) is 19.3 Å². The number of carbonyl (C=O) groups is 1. The van der Waals surface area contributed by atoms with E-state index in [1.807, 2.05) is 24.3 Å². The zero-order chi connectivity index (χ0) is 20.1. The highest BCUT2D eigenvalue weighted by Crippen LogP contribution is 2.22. The summed E-state index contributed by atoms with van der Waals surface area (Å²) in [5.74, 6) is -0.373. The molecule has 0 saturated carbocycles. The minimum atomic E-state index is -0.385. The maximum atomic E-state index is 13.7. The van der Waals surface area contributed by atoms with Gasteiger partial charge in [0.25, 0.3) is 5.91 Å². The standard InChI is InChI=1S/C22H22FN5O/c23-18-6-2-3-7-19(18)25-21-13-12-20(26-27-21)22(29)24-16-8-10-17(11-9-16)28-14-4-1-5-15-28/h2-3,6-13H,1,4-5,14-15H2,(H,24,29)(H,25,27). The summed E-state index contributed by atoms with van der Waals surface area (Å²) in [7, 11) is 0. The van der Waals surface area contributed by atoms with Crippen LogP contribution in [0.25, 0.3) is 0 Å². The first-order valence-corrected chi connectivity index (χ1v) is 9.71. The number of benzene rings is 2. The zero-order valence-corrected chi connectivity index (χ0v) is 15.9. The molecule has 29 heavy (non-hydrogen) atoms. The third-order valence-corrected chi connectivity index (χ3v) is 4.88. The molecule has 1 saturated heterocycles. The summed E-state index contributed by atoms with van der Waals surface area (Å²) in [5, 5.41) is 13.6. The van der Waals surface area contributed by atoms with Crippen LogP contribution in [0.3, 0.4) is 0 Å². The van der Waals surface area contributed by atoms with Crippen molar-refractivity contribution < 1.29 is 9.18 Å². The Morgan fingerprint density at radius 2 is 1.66 bits per heavy atom. The van der Waals surface area contributed by atoms with Gasteiger partial charge in [0.05, 0.1) is 5.69 Å². The van der Waals surface area contributed by atoms with Gasteiger partial charge < -0.3 is 15.5 Å². The minimum absolute atomic E-state index is 0.184. The minimum Gasteiger partial charge on any atom is -0.372 e. The van der Waals surface area contributed by atoms with Gasteiger partial charge in [-0.3, -0.25) is 4.79 Å². The number of rotatable bonds is 5. The van der Waals surface area contributed by atoms with Gasteiger partial charge in [0.15, 0.2) is 11.5 Å². The van der Waals surface area contributed by atoms with Crippen molar-refractivity contribution in [3.05, 3.63) is 72.2 Å². The van der Waals surface area contributed by atoms with Gasteiger partial charge in [-0.15, -0.1) is 10.2 Å². The normalized spacial score (nSPS) is 13.8. The van der Waals surface area contributed by atoms with Crippen LogP contribution >= 0.6 is 0 Å². The maximum absolute atomic E-state index is 13.7. The molecule has 2 N–H and O–H groups in total. The smallest absolute Gasteiger partial charge is 0.276 e. The predicted octanol–water partition coefficient (Wildman–Crippen LogP) is 4.60. The van der Waals surface area contributed by atoms with Crippen molar-refractivity contribution in [1.29, 1.82) is 0 Å². The summed E-state index contributed by atoms with van der Waals surface area (Å²) in [6, 6.07) is 17.3. The Morgan fingerprint density at radius 3 is 2.34 bits per heavy atom. The molecule has 1 aromatic heterocycles. The molecule has 1 aliphatic rings. The number of piperidine rings is 1. The largest absolute Gasteiger partial charge is 0.372 e. The van der Waals surface area contributed by atoms with Gasteiger partial charge in [-0.25, -0.2) is 4.39 Å². The summed E-state index contributed by atoms with van der Waals surface area (Å²) >= 11 is 0. The fourth-order valence-corrected chi connectivity index (χ4v) is 3.32. The lowest BCUT2D eigenvalue weighted by molar-refractivity contribution is 0.102. The van der Waals surface area contributed by atoms with Crippen molar-refractivity contribution in [3.63, 3.8) is 0 Å². The van der Waals surface area contributed by atoms with Crippen LogP contribution in [0, 0.1) is 5.82 Å². The lowest BCUT2D eigenvalue weighted by atomic mass is 10.1. The lowest BCUT2D eigenvalue weighted by Crippen LogP contribution is -2.29. The molecule has 148 valence electrons. The highest BCUT2D eigenvalue weighted by Gasteiger charge is 2.12. The lowest BCUT2D eigenvalue weighted by Gasteiger charge is -2.28. The van der Waals surface area contributed by atoms with Crippen LogP contribution < -0.4 is 15.5 Å². The van der Waals surface area contributed by atoms with E-state index in [1.165, 1.54) is 31.0 Å². The summed E-state index contributed by atoms with van der Waals surface area (Å²) in [4.78, 5) is 14.8. The topological polar surface area (TPSA) is 70.2 Å². The molecule has 1 amide bonds. The number of nitrogens with zero attached hydrogens (tertiary/aromatic N) is 3. The van der Waals surface area contributed by atoms with Gasteiger partial charge in [0, 0.05) is 24.5 Å². The Bertz CT molecular complexity index is 969. The van der Waals surface area contributed by atoms with Gasteiger partial charge >= 0.3 is 0 Å². The predicted molar refractivity (Wildman–Crippen MR) is 112 cm³/mol. The molecule has 0 radical (unpaired) electrons. The molecule has 0 spiro atoms. The molecule has 4 rings (SSSR count). The van der Waals surface area contributed by atoms with Gasteiger partial charge in [-0.05, 0) is 67.8 Å². The second-order valence-electron chi connectivity index (χ2n) is 6.96. The molecule has 2 heterocycles. The quantitative estimate of drug-likeness (QED) is 0.665. The second-order valence-corrected chi connectivity index (χ2v) is 6.96. The summed E-state index contributed by atoms with van der Waals surface area (Å²) in [6.07, 6.45) is 3.73. The number of para-hydroxylation sites is 1. The highest BCUT2D eigenvalue weighted by molar-refractivity contribution is 6.02. The summed E-state index contributed by atoms with van der Waals surface area (Å²) in [6.45, 7) is 2.16. The van der Waals surface area contributed by atoms with Crippen molar-refractivity contribution in [2.75, 3.05) is 28.6 Å². The Morgan fingerprint density at radius 1 is 0.897 bits per heavy atom. The van der Waals surface area contributed by atoms with Crippen LogP contribution in [-0.4, -0.2) is 29.2 Å². The number of aromatic nitrogens is 2. The fourth-order valence-electron chi connectivity index (χ4n) is 3.32. The van der Waals surface area contributed by atoms with E-state index in [4.69, 9.17) is 0 Å². The number of hydrogen-bond donors (Lipinski definition) is 2. The average Bonchev–Trinajstić information content (AvgIpc) is 2.77. The van der Waals surface area contributed by atoms with E-state index in [2.05, 4.69) is 25.7 Å². The third-order valence-electron chi connectivity index (χ3n) is 4.88. The molecule has 7 heteroatoms. The Hall–Kier alpha value is -3.48. The molecular formula is C22H22FN5O. The first-order valence-electron chi connectivity index (χ1n) is 9.71. The number of hydrogen-bond acceptors (Lipinski definition) is 5. The van der Waals surface area contributed by atoms with Gasteiger partial charge in [-0.1, -0.05) is 12.1 Å². The van der Waals surface area contributed by atoms with Gasteiger partial charge in [-0.2, -0.15) is 0 Å². The third kappa shape index (κ3) is 4.68. The number of carbonyl (C=O) groups excluding carboxylic acids is 1. The van der Waals surface area contributed by atoms with E-state index >= 15 is 0 Å². The molecule has 6 nitrogen and oxygen atoms in total. The Labute approximate surface area is 168 Å². The van der Waals surface area contributed by atoms with Crippen molar-refractivity contribution in [1.82, 2.24) is 10.2 Å². The van der Waals surface area contributed by atoms with Crippen LogP contribution in [0.4, 0.5) is 27.3 Å². The Kier molecular flexibility index (Phi) is 5.65. The molecule has 1 aliphatic heterocycles. The van der Waals surface area contributed by atoms with Gasteiger partial charge in [0.1, 0.15) is 5.82 Å². The Balaban J connectivity index is 1.37. The van der Waals surface area contributed by atoms with Gasteiger partial charge in [0.2, 0.25) is 0 Å². The molecule has 2 aromatic carbocycles. The SMILES string of the molecule is O=C(Nc1ccc(N2CCCCC2)cc1)c1ccc(Nc2ccccc2F)nn1. The van der Waals surface area contributed by atoms with E-state index in [0.29, 0.717) is 17.2 Å². The molecular weight excluding hydrogens is 369 g/mol. The summed E-state index contributed by atoms with van der Waals surface area (Å²) in [5.41, 5.74) is 2.36. The second kappa shape index (κ2) is 8.68. The van der Waals surface area contributed by atoms with E-state index in [-0.39, 0.29) is 17.4 Å². The van der Waals surface area contributed by atoms with Crippen LogP contribution in [-0.2, 0) is 0 Å². The van der Waals surface area contributed by atoms with Crippen LogP contribution in [0.5, 0.6) is 0 Å². The zero-order valence-electron chi connectivity index (χ0n) is 15.9. The number of halogens is 1. The molecule has 0 unspecified atom stereocenters. The molecule has 0 aliphatic carbocycles. The van der Waals surface area contributed by atoms with E-state index in [1.54, 1.807) is 30.3 Å². The number of anilines is 4. The molecule has 0 atom stereocenters. The van der Waals surface area contributed by atoms with E-state index in [0.717, 1.165) is 13.1 Å². The first kappa shape index (κ1) is 18.9. The average molecular weight is 391 g/mol. The highest BCUT2D eigenvalue weighted by atomic mass is 19.1. The van der Waals surface area contributed by atoms with Crippen LogP contribution in [0.2, 0.25) is 0 Å². The fraction of sp³-hybridized carbons (Fsp3) is 0.227. The molecule has 0 bridgehead atoms. The molecule has 1 fully saturated rings. The van der Waals surface area contributed by atoms with E-state index < -0.39 is 0 Å². The molecule has 3 aromatic rings. The number of nitrogens with one attached hydrogen (secondary N) is 2. The van der Waals surface area contributed by atoms with Crippen molar-refractivity contribution in [2.24, 2.45) is 0 Å². The van der Waals surface area contributed by atoms with E-state index in [9.17, 15) is 9.18 Å². The maximum Gasteiger partial charge on any atom is 0.276 e. The van der Waals surface area contributed by atoms with Crippen molar-refractivity contribution >= 4 is 28.8 Å².